The average molecular weight is 378 g/mol. The topological polar surface area (TPSA) is 70.2 Å². The van der Waals surface area contributed by atoms with Crippen LogP contribution in [0.25, 0.3) is 27.0 Å². The van der Waals surface area contributed by atoms with Crippen molar-refractivity contribution >= 4 is 44.7 Å². The maximum Gasteiger partial charge on any atom is 0.270 e. The Morgan fingerprint density at radius 1 is 1.27 bits per heavy atom. The Bertz CT molecular complexity index is 1140. The van der Waals surface area contributed by atoms with Gasteiger partial charge in [0.2, 0.25) is 0 Å². The van der Waals surface area contributed by atoms with E-state index in [1.54, 1.807) is 0 Å². The molecule has 0 fully saturated rings. The van der Waals surface area contributed by atoms with E-state index in [2.05, 4.69) is 28.5 Å². The van der Waals surface area contributed by atoms with Gasteiger partial charge < -0.3 is 5.32 Å². The first-order chi connectivity index (χ1) is 12.8. The summed E-state index contributed by atoms with van der Waals surface area (Å²) in [6.45, 7) is 0.436. The molecule has 128 valence electrons. The molecule has 1 N–H and O–H groups in total. The zero-order valence-electron chi connectivity index (χ0n) is 13.7. The van der Waals surface area contributed by atoms with Gasteiger partial charge in [-0.25, -0.2) is 4.98 Å². The van der Waals surface area contributed by atoms with E-state index in [-0.39, 0.29) is 5.91 Å². The maximum atomic E-state index is 12.8. The van der Waals surface area contributed by atoms with Crippen molar-refractivity contribution in [3.8, 4) is 16.7 Å². The van der Waals surface area contributed by atoms with E-state index in [1.807, 2.05) is 45.6 Å². The second-order valence-corrected chi connectivity index (χ2v) is 7.37. The number of nitriles is 1. The number of fused-ring (bicyclic) bond motifs is 2. The number of rotatable bonds is 5. The predicted octanol–water partition coefficient (Wildman–Crippen LogP) is 4.16. The lowest BCUT2D eigenvalue weighted by molar-refractivity contribution is 0.0951. The summed E-state index contributed by atoms with van der Waals surface area (Å²) in [6.07, 6.45) is 1.86. The summed E-state index contributed by atoms with van der Waals surface area (Å²) in [4.78, 5) is 18.2. The standard InChI is InChI=1S/C19H14N4OS2/c20-12-25-9-7-21-18(24)17-16(22-19-23(17)8-10-26-19)15-6-5-13-3-1-2-4-14(13)11-15/h1-6,8,10-11H,7,9H2,(H,21,24). The van der Waals surface area contributed by atoms with Gasteiger partial charge >= 0.3 is 0 Å². The fourth-order valence-electron chi connectivity index (χ4n) is 2.89. The first-order valence-electron chi connectivity index (χ1n) is 8.02. The van der Waals surface area contributed by atoms with E-state index in [0.29, 0.717) is 23.7 Å². The molecule has 0 radical (unpaired) electrons. The van der Waals surface area contributed by atoms with Gasteiger partial charge in [-0.1, -0.05) is 36.4 Å². The van der Waals surface area contributed by atoms with Gasteiger partial charge in [0.25, 0.3) is 5.91 Å². The van der Waals surface area contributed by atoms with Gasteiger partial charge in [0.1, 0.15) is 16.8 Å². The van der Waals surface area contributed by atoms with Crippen LogP contribution >= 0.6 is 23.1 Å². The lowest BCUT2D eigenvalue weighted by atomic mass is 10.0. The molecule has 4 rings (SSSR count). The van der Waals surface area contributed by atoms with Crippen LogP contribution in [0, 0.1) is 10.7 Å². The lowest BCUT2D eigenvalue weighted by Gasteiger charge is -2.07. The number of hydrogen-bond donors (Lipinski definition) is 1. The summed E-state index contributed by atoms with van der Waals surface area (Å²) in [5, 5.41) is 17.7. The smallest absolute Gasteiger partial charge is 0.270 e. The normalized spacial score (nSPS) is 10.9. The number of thiocyanates is 1. The fraction of sp³-hybridized carbons (Fsp3) is 0.105. The van der Waals surface area contributed by atoms with Crippen LogP contribution in [0.1, 0.15) is 10.5 Å². The molecule has 1 amide bonds. The van der Waals surface area contributed by atoms with Crippen molar-refractivity contribution in [2.75, 3.05) is 12.3 Å². The van der Waals surface area contributed by atoms with Gasteiger partial charge in [-0.05, 0) is 28.6 Å². The average Bonchev–Trinajstić information content (AvgIpc) is 3.25. The molecule has 0 saturated heterocycles. The minimum atomic E-state index is -0.183. The number of carbonyl (C=O) groups is 1. The zero-order chi connectivity index (χ0) is 17.9. The molecule has 0 aliphatic heterocycles. The van der Waals surface area contributed by atoms with Crippen molar-refractivity contribution in [2.45, 2.75) is 0 Å². The summed E-state index contributed by atoms with van der Waals surface area (Å²) in [7, 11) is 0. The number of imidazole rings is 1. The monoisotopic (exact) mass is 378 g/mol. The van der Waals surface area contributed by atoms with Gasteiger partial charge in [0, 0.05) is 29.4 Å². The number of thioether (sulfide) groups is 1. The Balaban J connectivity index is 1.75. The third-order valence-electron chi connectivity index (χ3n) is 4.05. The Hall–Kier alpha value is -2.82. The van der Waals surface area contributed by atoms with Crippen molar-refractivity contribution in [3.05, 3.63) is 59.7 Å². The van der Waals surface area contributed by atoms with Crippen LogP contribution in [-0.2, 0) is 0 Å². The number of carbonyl (C=O) groups excluding carboxylic acids is 1. The molecule has 2 heterocycles. The molecule has 0 unspecified atom stereocenters. The van der Waals surface area contributed by atoms with Crippen LogP contribution in [-0.4, -0.2) is 27.6 Å². The van der Waals surface area contributed by atoms with E-state index < -0.39 is 0 Å². The molecular formula is C19H14N4OS2. The highest BCUT2D eigenvalue weighted by Crippen LogP contribution is 2.29. The predicted molar refractivity (Wildman–Crippen MR) is 106 cm³/mol. The molecular weight excluding hydrogens is 364 g/mol. The van der Waals surface area contributed by atoms with E-state index in [4.69, 9.17) is 5.26 Å². The van der Waals surface area contributed by atoms with Crippen LogP contribution in [0.4, 0.5) is 0 Å². The first-order valence-corrected chi connectivity index (χ1v) is 9.88. The summed E-state index contributed by atoms with van der Waals surface area (Å²) >= 11 is 2.62. The summed E-state index contributed by atoms with van der Waals surface area (Å²) in [5.41, 5.74) is 2.11. The Kier molecular flexibility index (Phi) is 4.61. The molecule has 26 heavy (non-hydrogen) atoms. The van der Waals surface area contributed by atoms with Crippen molar-refractivity contribution in [1.82, 2.24) is 14.7 Å². The molecule has 0 atom stereocenters. The Morgan fingerprint density at radius 2 is 2.12 bits per heavy atom. The van der Waals surface area contributed by atoms with Gasteiger partial charge in [0.15, 0.2) is 4.96 Å². The third kappa shape index (κ3) is 3.05. The largest absolute Gasteiger partial charge is 0.350 e. The number of hydrogen-bond acceptors (Lipinski definition) is 5. The number of aromatic nitrogens is 2. The van der Waals surface area contributed by atoms with Crippen LogP contribution in [0.5, 0.6) is 0 Å². The molecule has 2 aromatic carbocycles. The van der Waals surface area contributed by atoms with Crippen LogP contribution < -0.4 is 5.32 Å². The number of benzene rings is 2. The van der Waals surface area contributed by atoms with Gasteiger partial charge in [0.05, 0.1) is 0 Å². The van der Waals surface area contributed by atoms with E-state index in [9.17, 15) is 4.79 Å². The first kappa shape index (κ1) is 16.6. The molecule has 5 nitrogen and oxygen atoms in total. The van der Waals surface area contributed by atoms with Crippen molar-refractivity contribution < 1.29 is 4.79 Å². The number of thiazole rings is 1. The van der Waals surface area contributed by atoms with Crippen LogP contribution in [0.2, 0.25) is 0 Å². The molecule has 2 aromatic heterocycles. The summed E-state index contributed by atoms with van der Waals surface area (Å²) in [5.74, 6) is 0.372. The molecule has 7 heteroatoms. The van der Waals surface area contributed by atoms with Crippen LogP contribution in [0.15, 0.2) is 54.0 Å². The minimum Gasteiger partial charge on any atom is -0.350 e. The molecule has 4 aromatic rings. The second-order valence-electron chi connectivity index (χ2n) is 5.62. The summed E-state index contributed by atoms with van der Waals surface area (Å²) in [6, 6.07) is 14.2. The zero-order valence-corrected chi connectivity index (χ0v) is 15.3. The van der Waals surface area contributed by atoms with Gasteiger partial charge in [-0.15, -0.1) is 11.3 Å². The highest BCUT2D eigenvalue weighted by Gasteiger charge is 2.21. The van der Waals surface area contributed by atoms with E-state index in [0.717, 1.165) is 33.1 Å². The van der Waals surface area contributed by atoms with Gasteiger partial charge in [-0.2, -0.15) is 5.26 Å². The Morgan fingerprint density at radius 3 is 2.96 bits per heavy atom. The van der Waals surface area contributed by atoms with Gasteiger partial charge in [-0.3, -0.25) is 9.20 Å². The molecule has 0 saturated carbocycles. The van der Waals surface area contributed by atoms with Crippen molar-refractivity contribution in [3.63, 3.8) is 0 Å². The Labute approximate surface area is 158 Å². The van der Waals surface area contributed by atoms with Crippen molar-refractivity contribution in [1.29, 1.82) is 5.26 Å². The maximum absolute atomic E-state index is 12.8. The SMILES string of the molecule is N#CSCCNC(=O)c1c(-c2ccc3ccccc3c2)nc2sccn12. The summed E-state index contributed by atoms with van der Waals surface area (Å²) < 4.78 is 1.82. The molecule has 0 aliphatic rings. The number of nitrogens with one attached hydrogen (secondary N) is 1. The highest BCUT2D eigenvalue weighted by atomic mass is 32.2. The lowest BCUT2D eigenvalue weighted by Crippen LogP contribution is -2.27. The quantitative estimate of drug-likeness (QED) is 0.418. The molecule has 0 bridgehead atoms. The number of nitrogens with zero attached hydrogens (tertiary/aromatic N) is 3. The van der Waals surface area contributed by atoms with E-state index >= 15 is 0 Å². The van der Waals surface area contributed by atoms with E-state index in [1.165, 1.54) is 11.3 Å². The number of amides is 1. The molecule has 0 spiro atoms. The van der Waals surface area contributed by atoms with Crippen molar-refractivity contribution in [2.24, 2.45) is 0 Å². The second kappa shape index (κ2) is 7.20. The van der Waals surface area contributed by atoms with Crippen LogP contribution in [0.3, 0.4) is 0 Å². The minimum absolute atomic E-state index is 0.183. The highest BCUT2D eigenvalue weighted by molar-refractivity contribution is 8.03. The molecule has 0 aliphatic carbocycles. The fourth-order valence-corrected chi connectivity index (χ4v) is 3.89. The third-order valence-corrected chi connectivity index (χ3v) is 5.35.